The number of hydrogen-bond donors (Lipinski definition) is 2. The highest BCUT2D eigenvalue weighted by molar-refractivity contribution is 5.91. The highest BCUT2D eigenvalue weighted by atomic mass is 16.4. The number of unbranched alkanes of at least 4 members (excludes halogenated alkanes) is 1. The van der Waals surface area contributed by atoms with Gasteiger partial charge >= 0.3 is 5.97 Å². The third kappa shape index (κ3) is 6.54. The van der Waals surface area contributed by atoms with Gasteiger partial charge < -0.3 is 10.4 Å². The fourth-order valence-electron chi connectivity index (χ4n) is 1.50. The van der Waals surface area contributed by atoms with Crippen molar-refractivity contribution in [2.75, 3.05) is 6.54 Å². The highest BCUT2D eigenvalue weighted by Gasteiger charge is 1.94. The van der Waals surface area contributed by atoms with Crippen molar-refractivity contribution in [1.29, 1.82) is 0 Å². The smallest absolute Gasteiger partial charge is 0.328 e. The van der Waals surface area contributed by atoms with Gasteiger partial charge in [0, 0.05) is 18.7 Å². The van der Waals surface area contributed by atoms with Gasteiger partial charge in [0.2, 0.25) is 5.91 Å². The van der Waals surface area contributed by atoms with E-state index in [1.807, 2.05) is 12.1 Å². The van der Waals surface area contributed by atoms with Crippen LogP contribution in [0.5, 0.6) is 0 Å². The molecular weight excluding hydrogens is 254 g/mol. The minimum absolute atomic E-state index is 0.103. The van der Waals surface area contributed by atoms with Gasteiger partial charge in [0.25, 0.3) is 0 Å². The van der Waals surface area contributed by atoms with Crippen LogP contribution < -0.4 is 5.32 Å². The number of benzene rings is 1. The summed E-state index contributed by atoms with van der Waals surface area (Å²) in [6.45, 7) is 2.76. The molecule has 0 heterocycles. The molecule has 0 aliphatic rings. The molecule has 1 aromatic rings. The largest absolute Gasteiger partial charge is 0.478 e. The Morgan fingerprint density at radius 1 is 1.10 bits per heavy atom. The van der Waals surface area contributed by atoms with E-state index in [4.69, 9.17) is 5.11 Å². The van der Waals surface area contributed by atoms with Gasteiger partial charge in [-0.3, -0.25) is 4.79 Å². The van der Waals surface area contributed by atoms with Crippen molar-refractivity contribution in [1.82, 2.24) is 5.32 Å². The Labute approximate surface area is 118 Å². The summed E-state index contributed by atoms with van der Waals surface area (Å²) in [4.78, 5) is 21.8. The third-order valence-corrected chi connectivity index (χ3v) is 2.61. The molecule has 1 amide bonds. The molecule has 0 fully saturated rings. The quantitative estimate of drug-likeness (QED) is 0.593. The van der Waals surface area contributed by atoms with Gasteiger partial charge in [0.1, 0.15) is 0 Å². The van der Waals surface area contributed by atoms with Gasteiger partial charge in [-0.05, 0) is 29.7 Å². The predicted molar refractivity (Wildman–Crippen MR) is 80.1 cm³/mol. The summed E-state index contributed by atoms with van der Waals surface area (Å²) in [6.07, 6.45) is 7.86. The molecule has 106 valence electrons. The molecule has 4 heteroatoms. The first-order chi connectivity index (χ1) is 9.61. The van der Waals surface area contributed by atoms with Crippen molar-refractivity contribution in [2.45, 2.75) is 19.8 Å². The molecule has 0 atom stereocenters. The summed E-state index contributed by atoms with van der Waals surface area (Å²) >= 11 is 0. The standard InChI is InChI=1S/C16H19NO3/c1-2-3-12-17-15(18)10-8-13-4-6-14(7-5-13)9-11-16(19)20/h4-11H,2-3,12H2,1H3,(H,17,18)(H,19,20)/b10-8+,11-9+. The first-order valence-electron chi connectivity index (χ1n) is 6.59. The third-order valence-electron chi connectivity index (χ3n) is 2.61. The number of carbonyl (C=O) groups is 2. The average Bonchev–Trinajstić information content (AvgIpc) is 2.44. The van der Waals surface area contributed by atoms with Crippen LogP contribution in [0.25, 0.3) is 12.2 Å². The summed E-state index contributed by atoms with van der Waals surface area (Å²) in [5.74, 6) is -1.08. The maximum absolute atomic E-state index is 11.5. The molecular formula is C16H19NO3. The molecule has 0 aliphatic heterocycles. The van der Waals surface area contributed by atoms with Gasteiger partial charge in [-0.25, -0.2) is 4.79 Å². The molecule has 0 spiro atoms. The van der Waals surface area contributed by atoms with Crippen LogP contribution in [-0.4, -0.2) is 23.5 Å². The van der Waals surface area contributed by atoms with Crippen LogP contribution in [0.2, 0.25) is 0 Å². The van der Waals surface area contributed by atoms with Crippen LogP contribution >= 0.6 is 0 Å². The molecule has 2 N–H and O–H groups in total. The van der Waals surface area contributed by atoms with Crippen LogP contribution in [0.15, 0.2) is 36.4 Å². The molecule has 1 rings (SSSR count). The van der Waals surface area contributed by atoms with E-state index < -0.39 is 5.97 Å². The Hall–Kier alpha value is -2.36. The Morgan fingerprint density at radius 3 is 2.15 bits per heavy atom. The first-order valence-corrected chi connectivity index (χ1v) is 6.59. The summed E-state index contributed by atoms with van der Waals surface area (Å²) in [7, 11) is 0. The second-order valence-electron chi connectivity index (χ2n) is 4.32. The van der Waals surface area contributed by atoms with E-state index in [-0.39, 0.29) is 5.91 Å². The maximum Gasteiger partial charge on any atom is 0.328 e. The van der Waals surface area contributed by atoms with Crippen LogP contribution in [-0.2, 0) is 9.59 Å². The van der Waals surface area contributed by atoms with Gasteiger partial charge in [-0.2, -0.15) is 0 Å². The van der Waals surface area contributed by atoms with E-state index in [2.05, 4.69) is 12.2 Å². The van der Waals surface area contributed by atoms with Crippen LogP contribution in [0.1, 0.15) is 30.9 Å². The number of amides is 1. The number of carboxylic acids is 1. The Morgan fingerprint density at radius 2 is 1.65 bits per heavy atom. The topological polar surface area (TPSA) is 66.4 Å². The summed E-state index contributed by atoms with van der Waals surface area (Å²) in [5, 5.41) is 11.3. The average molecular weight is 273 g/mol. The van der Waals surface area contributed by atoms with Crippen molar-refractivity contribution in [2.24, 2.45) is 0 Å². The van der Waals surface area contributed by atoms with Gasteiger partial charge in [-0.15, -0.1) is 0 Å². The second kappa shape index (κ2) is 8.69. The zero-order valence-corrected chi connectivity index (χ0v) is 11.5. The summed E-state index contributed by atoms with van der Waals surface area (Å²) in [5.41, 5.74) is 1.69. The summed E-state index contributed by atoms with van der Waals surface area (Å²) in [6, 6.07) is 7.26. The van der Waals surface area contributed by atoms with E-state index in [1.165, 1.54) is 12.2 Å². The van der Waals surface area contributed by atoms with Crippen molar-refractivity contribution < 1.29 is 14.7 Å². The summed E-state index contributed by atoms with van der Waals surface area (Å²) < 4.78 is 0. The molecule has 0 radical (unpaired) electrons. The number of hydrogen-bond acceptors (Lipinski definition) is 2. The van der Waals surface area contributed by atoms with Gasteiger partial charge in [0.05, 0.1) is 0 Å². The zero-order valence-electron chi connectivity index (χ0n) is 11.5. The predicted octanol–water partition coefficient (Wildman–Crippen LogP) is 2.71. The monoisotopic (exact) mass is 273 g/mol. The van der Waals surface area contributed by atoms with E-state index >= 15 is 0 Å². The molecule has 1 aromatic carbocycles. The van der Waals surface area contributed by atoms with Crippen LogP contribution in [0.3, 0.4) is 0 Å². The number of carboxylic acid groups (broad SMARTS) is 1. The maximum atomic E-state index is 11.5. The molecule has 0 aliphatic carbocycles. The van der Waals surface area contributed by atoms with Crippen molar-refractivity contribution >= 4 is 24.0 Å². The Kier molecular flexibility index (Phi) is 6.82. The molecule has 0 saturated heterocycles. The molecule has 4 nitrogen and oxygen atoms in total. The van der Waals surface area contributed by atoms with Gasteiger partial charge in [-0.1, -0.05) is 37.6 Å². The van der Waals surface area contributed by atoms with Crippen molar-refractivity contribution in [3.8, 4) is 0 Å². The Balaban J connectivity index is 2.52. The van der Waals surface area contributed by atoms with E-state index in [1.54, 1.807) is 18.2 Å². The fourth-order valence-corrected chi connectivity index (χ4v) is 1.50. The van der Waals surface area contributed by atoms with E-state index in [0.29, 0.717) is 6.54 Å². The molecule has 0 saturated carbocycles. The lowest BCUT2D eigenvalue weighted by molar-refractivity contribution is -0.131. The second-order valence-corrected chi connectivity index (χ2v) is 4.32. The fraction of sp³-hybridized carbons (Fsp3) is 0.250. The minimum Gasteiger partial charge on any atom is -0.478 e. The highest BCUT2D eigenvalue weighted by Crippen LogP contribution is 2.07. The van der Waals surface area contributed by atoms with E-state index in [9.17, 15) is 9.59 Å². The SMILES string of the molecule is CCCCNC(=O)/C=C/c1ccc(/C=C/C(=O)O)cc1. The van der Waals surface area contributed by atoms with E-state index in [0.717, 1.165) is 30.0 Å². The van der Waals surface area contributed by atoms with Gasteiger partial charge in [0.15, 0.2) is 0 Å². The van der Waals surface area contributed by atoms with Crippen LogP contribution in [0, 0.1) is 0 Å². The lowest BCUT2D eigenvalue weighted by atomic mass is 10.1. The minimum atomic E-state index is -0.974. The van der Waals surface area contributed by atoms with Crippen molar-refractivity contribution in [3.63, 3.8) is 0 Å². The number of aliphatic carboxylic acids is 1. The zero-order chi connectivity index (χ0) is 14.8. The number of rotatable bonds is 7. The molecule has 0 aromatic heterocycles. The molecule has 20 heavy (non-hydrogen) atoms. The normalized spacial score (nSPS) is 11.1. The molecule has 0 unspecified atom stereocenters. The Bertz CT molecular complexity index is 501. The van der Waals surface area contributed by atoms with Crippen LogP contribution in [0.4, 0.5) is 0 Å². The molecule has 0 bridgehead atoms. The first kappa shape index (κ1) is 15.7. The number of carbonyl (C=O) groups excluding carboxylic acids is 1. The lowest BCUT2D eigenvalue weighted by Crippen LogP contribution is -2.21. The van der Waals surface area contributed by atoms with Crippen molar-refractivity contribution in [3.05, 3.63) is 47.5 Å². The lowest BCUT2D eigenvalue weighted by Gasteiger charge is -1.99. The number of nitrogens with one attached hydrogen (secondary N) is 1.